The van der Waals surface area contributed by atoms with Gasteiger partial charge >= 0.3 is 0 Å². The summed E-state index contributed by atoms with van der Waals surface area (Å²) in [6.07, 6.45) is 3.66. The van der Waals surface area contributed by atoms with E-state index in [0.717, 1.165) is 48.5 Å². The molecule has 3 aromatic rings. The van der Waals surface area contributed by atoms with E-state index < -0.39 is 0 Å². The average Bonchev–Trinajstić information content (AvgIpc) is 3.40. The Bertz CT molecular complexity index is 1090. The third-order valence-corrected chi connectivity index (χ3v) is 6.47. The highest BCUT2D eigenvalue weighted by Gasteiger charge is 2.43. The van der Waals surface area contributed by atoms with Crippen LogP contribution in [0.5, 0.6) is 0 Å². The summed E-state index contributed by atoms with van der Waals surface area (Å²) in [7, 11) is 0. The van der Waals surface area contributed by atoms with E-state index in [-0.39, 0.29) is 12.4 Å². The van der Waals surface area contributed by atoms with Gasteiger partial charge in [-0.1, -0.05) is 12.1 Å². The number of fused-ring (bicyclic) bond motifs is 8. The molecule has 3 heterocycles. The van der Waals surface area contributed by atoms with Crippen LogP contribution in [-0.2, 0) is 4.74 Å². The number of hydrogen-bond donors (Lipinski definition) is 0. The van der Waals surface area contributed by atoms with Gasteiger partial charge in [-0.2, -0.15) is 5.26 Å². The fourth-order valence-corrected chi connectivity index (χ4v) is 5.43. The Labute approximate surface area is 164 Å². The number of hydrogen-bond acceptors (Lipinski definition) is 4. The zero-order valence-corrected chi connectivity index (χ0v) is 15.8. The molecule has 0 N–H and O–H groups in total. The van der Waals surface area contributed by atoms with Crippen LogP contribution in [0, 0.1) is 11.3 Å². The Morgan fingerprint density at radius 2 is 1.81 bits per heavy atom. The van der Waals surface area contributed by atoms with E-state index in [0.29, 0.717) is 11.8 Å². The molecule has 1 saturated carbocycles. The van der Waals surface area contributed by atoms with Crippen LogP contribution in [0.4, 0.5) is 5.82 Å². The molecule has 1 aliphatic heterocycles. The summed E-state index contributed by atoms with van der Waals surface area (Å²) in [5, 5.41) is 10.0. The molecule has 5 nitrogen and oxygen atoms in total. The van der Waals surface area contributed by atoms with Crippen molar-refractivity contribution in [3.8, 4) is 6.07 Å². The molecule has 2 unspecified atom stereocenters. The number of halogens is 1. The topological polar surface area (TPSA) is 53.6 Å². The van der Waals surface area contributed by atoms with E-state index in [2.05, 4.69) is 27.5 Å². The molecule has 6 rings (SSSR count). The van der Waals surface area contributed by atoms with E-state index in [1.165, 1.54) is 36.2 Å². The fraction of sp³-hybridized carbons (Fsp3) is 0.429. The van der Waals surface area contributed by atoms with Gasteiger partial charge in [-0.05, 0) is 48.8 Å². The molecule has 1 saturated heterocycles. The number of ether oxygens (including phenoxy) is 1. The fourth-order valence-electron chi connectivity index (χ4n) is 5.43. The van der Waals surface area contributed by atoms with Crippen LogP contribution in [-0.4, -0.2) is 35.7 Å². The molecule has 2 aliphatic carbocycles. The molecule has 0 spiro atoms. The lowest BCUT2D eigenvalue weighted by Crippen LogP contribution is -2.38. The first-order valence-electron chi connectivity index (χ1n) is 9.56. The third kappa shape index (κ3) is 2.17. The van der Waals surface area contributed by atoms with Gasteiger partial charge in [0.1, 0.15) is 11.9 Å². The minimum Gasteiger partial charge on any atom is -0.378 e. The minimum absolute atomic E-state index is 0. The van der Waals surface area contributed by atoms with Crippen LogP contribution in [0.15, 0.2) is 24.3 Å². The van der Waals surface area contributed by atoms with Gasteiger partial charge in [0, 0.05) is 18.7 Å². The maximum absolute atomic E-state index is 10.0. The van der Waals surface area contributed by atoms with Gasteiger partial charge in [0.2, 0.25) is 0 Å². The molecule has 1 aromatic carbocycles. The zero-order valence-electron chi connectivity index (χ0n) is 15.0. The monoisotopic (exact) mass is 380 g/mol. The van der Waals surface area contributed by atoms with Gasteiger partial charge in [-0.25, -0.2) is 4.98 Å². The van der Waals surface area contributed by atoms with E-state index in [1.54, 1.807) is 0 Å². The first-order valence-corrected chi connectivity index (χ1v) is 9.56. The van der Waals surface area contributed by atoms with Gasteiger partial charge in [0.15, 0.2) is 5.65 Å². The second kappa shape index (κ2) is 6.12. The Morgan fingerprint density at radius 1 is 1.07 bits per heavy atom. The molecule has 0 amide bonds. The summed E-state index contributed by atoms with van der Waals surface area (Å²) in [6.45, 7) is 3.32. The highest BCUT2D eigenvalue weighted by atomic mass is 35.5. The van der Waals surface area contributed by atoms with Crippen LogP contribution < -0.4 is 4.90 Å². The van der Waals surface area contributed by atoms with Crippen molar-refractivity contribution >= 4 is 34.9 Å². The number of para-hydroxylation sites is 2. The van der Waals surface area contributed by atoms with E-state index in [4.69, 9.17) is 9.72 Å². The van der Waals surface area contributed by atoms with Crippen molar-refractivity contribution in [2.45, 2.75) is 31.1 Å². The SMILES string of the molecule is Cl.N#Cc1c2c(c(N3CCOCC3)n3c1nc1ccccc13)C1CCC2C1. The summed E-state index contributed by atoms with van der Waals surface area (Å²) >= 11 is 0. The van der Waals surface area contributed by atoms with Crippen molar-refractivity contribution in [3.05, 3.63) is 41.0 Å². The predicted octanol–water partition coefficient (Wildman–Crippen LogP) is 3.98. The lowest BCUT2D eigenvalue weighted by molar-refractivity contribution is 0.122. The van der Waals surface area contributed by atoms with Crippen LogP contribution in [0.1, 0.15) is 47.8 Å². The van der Waals surface area contributed by atoms with E-state index in [1.807, 2.05) is 12.1 Å². The van der Waals surface area contributed by atoms with Crippen molar-refractivity contribution in [3.63, 3.8) is 0 Å². The molecule has 0 radical (unpaired) electrons. The number of nitrogens with zero attached hydrogens (tertiary/aromatic N) is 4. The molecule has 138 valence electrons. The van der Waals surface area contributed by atoms with Crippen molar-refractivity contribution in [2.24, 2.45) is 0 Å². The molecule has 6 heteroatoms. The van der Waals surface area contributed by atoms with E-state index in [9.17, 15) is 5.26 Å². The molecular formula is C21H21ClN4O. The quantitative estimate of drug-likeness (QED) is 0.640. The van der Waals surface area contributed by atoms with E-state index >= 15 is 0 Å². The molecule has 2 atom stereocenters. The maximum Gasteiger partial charge on any atom is 0.157 e. The summed E-state index contributed by atoms with van der Waals surface area (Å²) in [5.41, 5.74) is 6.44. The lowest BCUT2D eigenvalue weighted by atomic mass is 9.88. The lowest BCUT2D eigenvalue weighted by Gasteiger charge is -2.33. The second-order valence-electron chi connectivity index (χ2n) is 7.70. The zero-order chi connectivity index (χ0) is 17.3. The van der Waals surface area contributed by atoms with Gasteiger partial charge in [-0.15, -0.1) is 12.4 Å². The summed E-state index contributed by atoms with van der Waals surface area (Å²) in [4.78, 5) is 7.35. The third-order valence-electron chi connectivity index (χ3n) is 6.47. The first-order chi connectivity index (χ1) is 12.9. The number of imidazole rings is 1. The average molecular weight is 381 g/mol. The van der Waals surface area contributed by atoms with Crippen LogP contribution in [0.25, 0.3) is 16.7 Å². The largest absolute Gasteiger partial charge is 0.378 e. The Kier molecular flexibility index (Phi) is 3.82. The van der Waals surface area contributed by atoms with Gasteiger partial charge in [0.25, 0.3) is 0 Å². The van der Waals surface area contributed by atoms with Crippen molar-refractivity contribution in [1.29, 1.82) is 5.26 Å². The summed E-state index contributed by atoms with van der Waals surface area (Å²) < 4.78 is 7.87. The highest BCUT2D eigenvalue weighted by molar-refractivity contribution is 5.87. The van der Waals surface area contributed by atoms with Gasteiger partial charge in [-0.3, -0.25) is 4.40 Å². The predicted molar refractivity (Wildman–Crippen MR) is 107 cm³/mol. The number of morpholine rings is 1. The minimum atomic E-state index is 0. The smallest absolute Gasteiger partial charge is 0.157 e. The van der Waals surface area contributed by atoms with Crippen LogP contribution >= 0.6 is 12.4 Å². The van der Waals surface area contributed by atoms with Crippen molar-refractivity contribution in [2.75, 3.05) is 31.2 Å². The van der Waals surface area contributed by atoms with Crippen molar-refractivity contribution in [1.82, 2.24) is 9.38 Å². The Balaban J connectivity index is 0.00000160. The molecular weight excluding hydrogens is 360 g/mol. The molecule has 2 bridgehead atoms. The molecule has 3 aliphatic rings. The Hall–Kier alpha value is -2.29. The normalized spacial score (nSPS) is 23.4. The standard InChI is InChI=1S/C21H20N4O.ClH/c22-12-15-18-13-5-6-14(11-13)19(18)21(24-7-9-26-10-8-24)25-17-4-2-1-3-16(17)23-20(15)25;/h1-4,13-14H,5-11H2;1H. The van der Waals surface area contributed by atoms with Gasteiger partial charge < -0.3 is 9.64 Å². The second-order valence-corrected chi connectivity index (χ2v) is 7.70. The van der Waals surface area contributed by atoms with Gasteiger partial charge in [0.05, 0.1) is 29.8 Å². The number of benzene rings is 1. The number of pyridine rings is 1. The summed E-state index contributed by atoms with van der Waals surface area (Å²) in [5.74, 6) is 2.40. The number of anilines is 1. The maximum atomic E-state index is 10.0. The summed E-state index contributed by atoms with van der Waals surface area (Å²) in [6, 6.07) is 10.8. The van der Waals surface area contributed by atoms with Crippen LogP contribution in [0.2, 0.25) is 0 Å². The van der Waals surface area contributed by atoms with Crippen LogP contribution in [0.3, 0.4) is 0 Å². The Morgan fingerprint density at radius 3 is 2.59 bits per heavy atom. The number of rotatable bonds is 1. The highest BCUT2D eigenvalue weighted by Crippen LogP contribution is 2.57. The molecule has 27 heavy (non-hydrogen) atoms. The number of nitriles is 1. The molecule has 2 aromatic heterocycles. The number of aromatic nitrogens is 2. The first kappa shape index (κ1) is 16.9. The molecule has 2 fully saturated rings. The van der Waals surface area contributed by atoms with Crippen molar-refractivity contribution < 1.29 is 4.74 Å².